The molecular formula is C26H46N2. The Kier molecular flexibility index (Phi) is 8.58. The normalized spacial score (nSPS) is 34.5. The van der Waals surface area contributed by atoms with E-state index in [1.165, 1.54) is 45.3 Å². The summed E-state index contributed by atoms with van der Waals surface area (Å²) in [6.45, 7) is 20.7. The SMILES string of the molecule is C=C.CC1(C)CCN(CCC2CCC3CC2C3(C)C)C1.NCC1C=CC=CC1. The van der Waals surface area contributed by atoms with E-state index in [-0.39, 0.29) is 0 Å². The van der Waals surface area contributed by atoms with Crippen LogP contribution in [0.15, 0.2) is 37.5 Å². The van der Waals surface area contributed by atoms with E-state index in [0.717, 1.165) is 30.7 Å². The van der Waals surface area contributed by atoms with Gasteiger partial charge in [-0.25, -0.2) is 0 Å². The van der Waals surface area contributed by atoms with Gasteiger partial charge in [0.2, 0.25) is 0 Å². The van der Waals surface area contributed by atoms with Crippen molar-refractivity contribution < 1.29 is 0 Å². The molecule has 5 rings (SSSR count). The lowest BCUT2D eigenvalue weighted by molar-refractivity contribution is -0.108. The van der Waals surface area contributed by atoms with E-state index in [2.05, 4.69) is 70.1 Å². The van der Waals surface area contributed by atoms with Gasteiger partial charge in [-0.05, 0) is 92.7 Å². The first-order chi connectivity index (χ1) is 13.3. The van der Waals surface area contributed by atoms with Gasteiger partial charge in [-0.3, -0.25) is 0 Å². The lowest BCUT2D eigenvalue weighted by Gasteiger charge is -2.60. The van der Waals surface area contributed by atoms with Gasteiger partial charge < -0.3 is 10.6 Å². The molecule has 160 valence electrons. The zero-order valence-electron chi connectivity index (χ0n) is 19.1. The van der Waals surface area contributed by atoms with Gasteiger partial charge in [0, 0.05) is 6.54 Å². The number of hydrogen-bond donors (Lipinski definition) is 1. The highest BCUT2D eigenvalue weighted by Crippen LogP contribution is 2.62. The smallest absolute Gasteiger partial charge is 0.00332 e. The Bertz CT molecular complexity index is 529. The number of nitrogens with two attached hydrogens (primary N) is 1. The molecule has 28 heavy (non-hydrogen) atoms. The Balaban J connectivity index is 0.000000236. The Morgan fingerprint density at radius 1 is 1.11 bits per heavy atom. The van der Waals surface area contributed by atoms with Crippen LogP contribution in [-0.2, 0) is 0 Å². The largest absolute Gasteiger partial charge is 0.330 e. The number of rotatable bonds is 4. The predicted molar refractivity (Wildman–Crippen MR) is 124 cm³/mol. The minimum atomic E-state index is 0.577. The van der Waals surface area contributed by atoms with E-state index in [9.17, 15) is 0 Å². The summed E-state index contributed by atoms with van der Waals surface area (Å²) in [7, 11) is 0. The van der Waals surface area contributed by atoms with E-state index >= 15 is 0 Å². The molecular weight excluding hydrogens is 340 g/mol. The van der Waals surface area contributed by atoms with Crippen LogP contribution >= 0.6 is 0 Å². The fourth-order valence-corrected chi connectivity index (χ4v) is 5.88. The zero-order chi connectivity index (χ0) is 20.8. The van der Waals surface area contributed by atoms with Crippen LogP contribution in [0.3, 0.4) is 0 Å². The molecule has 4 fully saturated rings. The summed E-state index contributed by atoms with van der Waals surface area (Å²) in [5.41, 5.74) is 6.67. The van der Waals surface area contributed by atoms with Crippen molar-refractivity contribution in [1.82, 2.24) is 4.90 Å². The van der Waals surface area contributed by atoms with Crippen LogP contribution in [0, 0.1) is 34.5 Å². The van der Waals surface area contributed by atoms with Crippen LogP contribution in [0.2, 0.25) is 0 Å². The molecule has 0 aromatic rings. The molecule has 0 amide bonds. The monoisotopic (exact) mass is 386 g/mol. The lowest BCUT2D eigenvalue weighted by Crippen LogP contribution is -2.52. The van der Waals surface area contributed by atoms with Crippen LogP contribution in [0.4, 0.5) is 0 Å². The summed E-state index contributed by atoms with van der Waals surface area (Å²) >= 11 is 0. The number of allylic oxidation sites excluding steroid dienone is 3. The molecule has 4 atom stereocenters. The van der Waals surface area contributed by atoms with E-state index < -0.39 is 0 Å². The third kappa shape index (κ3) is 5.83. The number of fused-ring (bicyclic) bond motifs is 2. The average Bonchev–Trinajstić information content (AvgIpc) is 3.07. The van der Waals surface area contributed by atoms with Crippen molar-refractivity contribution in [3.63, 3.8) is 0 Å². The molecule has 0 spiro atoms. The molecule has 0 aromatic heterocycles. The zero-order valence-corrected chi connectivity index (χ0v) is 19.1. The molecule has 1 heterocycles. The van der Waals surface area contributed by atoms with Gasteiger partial charge in [-0.2, -0.15) is 0 Å². The van der Waals surface area contributed by atoms with Gasteiger partial charge in [0.1, 0.15) is 0 Å². The van der Waals surface area contributed by atoms with Gasteiger partial charge in [0.05, 0.1) is 0 Å². The first-order valence-corrected chi connectivity index (χ1v) is 11.6. The van der Waals surface area contributed by atoms with Crippen molar-refractivity contribution >= 4 is 0 Å². The molecule has 4 aliphatic carbocycles. The Hall–Kier alpha value is -0.860. The Morgan fingerprint density at radius 2 is 1.86 bits per heavy atom. The third-order valence-electron chi connectivity index (χ3n) is 7.95. The van der Waals surface area contributed by atoms with Crippen LogP contribution in [0.5, 0.6) is 0 Å². The standard InChI is InChI=1S/C17H31N.C7H11N.C2H4/c1-16(2)8-10-18(12-16)9-7-13-5-6-14-11-15(13)17(14,3)4;8-6-7-4-2-1-3-5-7;1-2/h13-15H,5-12H2,1-4H3;1-4,7H,5-6,8H2;1-2H2. The summed E-state index contributed by atoms with van der Waals surface area (Å²) in [5.74, 6) is 3.74. The molecule has 5 aliphatic rings. The van der Waals surface area contributed by atoms with Crippen molar-refractivity contribution in [3.8, 4) is 0 Å². The highest BCUT2D eigenvalue weighted by atomic mass is 15.1. The molecule has 2 heteroatoms. The maximum atomic E-state index is 5.42. The van der Waals surface area contributed by atoms with Crippen LogP contribution in [0.1, 0.15) is 66.2 Å². The summed E-state index contributed by atoms with van der Waals surface area (Å²) in [6, 6.07) is 0. The van der Waals surface area contributed by atoms with Gasteiger partial charge in [-0.15, -0.1) is 13.2 Å². The summed E-state index contributed by atoms with van der Waals surface area (Å²) < 4.78 is 0. The number of hydrogen-bond acceptors (Lipinski definition) is 2. The molecule has 0 radical (unpaired) electrons. The number of likely N-dealkylation sites (tertiary alicyclic amines) is 1. The molecule has 2 bridgehead atoms. The lowest BCUT2D eigenvalue weighted by atomic mass is 9.45. The van der Waals surface area contributed by atoms with Crippen molar-refractivity contribution in [2.24, 2.45) is 40.2 Å². The van der Waals surface area contributed by atoms with Crippen LogP contribution in [0.25, 0.3) is 0 Å². The van der Waals surface area contributed by atoms with Gasteiger partial charge >= 0.3 is 0 Å². The van der Waals surface area contributed by atoms with Crippen LogP contribution in [-0.4, -0.2) is 31.1 Å². The highest BCUT2D eigenvalue weighted by Gasteiger charge is 2.53. The van der Waals surface area contributed by atoms with Gasteiger partial charge in [-0.1, -0.05) is 52.0 Å². The van der Waals surface area contributed by atoms with Gasteiger partial charge in [0.15, 0.2) is 0 Å². The first-order valence-electron chi connectivity index (χ1n) is 11.6. The van der Waals surface area contributed by atoms with Gasteiger partial charge in [0.25, 0.3) is 0 Å². The fourth-order valence-electron chi connectivity index (χ4n) is 5.88. The van der Waals surface area contributed by atoms with E-state index in [1.54, 1.807) is 6.42 Å². The van der Waals surface area contributed by atoms with E-state index in [4.69, 9.17) is 5.73 Å². The minimum Gasteiger partial charge on any atom is -0.330 e. The van der Waals surface area contributed by atoms with Crippen molar-refractivity contribution in [2.75, 3.05) is 26.2 Å². The van der Waals surface area contributed by atoms with Crippen molar-refractivity contribution in [1.29, 1.82) is 0 Å². The second kappa shape index (κ2) is 10.3. The predicted octanol–water partition coefficient (Wildman–Crippen LogP) is 6.06. The Labute approximate surface area is 175 Å². The summed E-state index contributed by atoms with van der Waals surface area (Å²) in [5, 5.41) is 0. The van der Waals surface area contributed by atoms with Crippen molar-refractivity contribution in [3.05, 3.63) is 37.5 Å². The molecule has 2 N–H and O–H groups in total. The third-order valence-corrected chi connectivity index (χ3v) is 7.95. The maximum Gasteiger partial charge on any atom is 0.00332 e. The highest BCUT2D eigenvalue weighted by molar-refractivity contribution is 5.10. The quantitative estimate of drug-likeness (QED) is 0.595. The van der Waals surface area contributed by atoms with E-state index in [0.29, 0.717) is 16.7 Å². The molecule has 4 unspecified atom stereocenters. The molecule has 1 aliphatic heterocycles. The van der Waals surface area contributed by atoms with Crippen molar-refractivity contribution in [2.45, 2.75) is 66.2 Å². The Morgan fingerprint density at radius 3 is 2.32 bits per heavy atom. The summed E-state index contributed by atoms with van der Waals surface area (Å²) in [4.78, 5) is 2.72. The maximum absolute atomic E-state index is 5.42. The molecule has 0 aromatic carbocycles. The minimum absolute atomic E-state index is 0.577. The summed E-state index contributed by atoms with van der Waals surface area (Å²) in [6.07, 6.45) is 17.0. The number of nitrogens with zero attached hydrogens (tertiary/aromatic N) is 1. The molecule has 2 nitrogen and oxygen atoms in total. The topological polar surface area (TPSA) is 29.3 Å². The van der Waals surface area contributed by atoms with E-state index in [1.807, 2.05) is 0 Å². The molecule has 3 saturated carbocycles. The second-order valence-corrected chi connectivity index (χ2v) is 10.7. The average molecular weight is 387 g/mol. The van der Waals surface area contributed by atoms with Crippen LogP contribution < -0.4 is 5.73 Å². The second-order valence-electron chi connectivity index (χ2n) is 10.7. The first kappa shape index (κ1) is 23.4. The molecule has 1 saturated heterocycles. The fraction of sp³-hybridized carbons (Fsp3) is 0.769.